The molecule has 24 heavy (non-hydrogen) atoms. The van der Waals surface area contributed by atoms with Gasteiger partial charge in [-0.1, -0.05) is 29.9 Å². The molecule has 0 atom stereocenters. The van der Waals surface area contributed by atoms with Crippen molar-refractivity contribution in [1.82, 2.24) is 20.4 Å². The molecule has 3 rings (SSSR count). The maximum atomic E-state index is 12.2. The van der Waals surface area contributed by atoms with E-state index in [9.17, 15) is 4.79 Å². The van der Waals surface area contributed by atoms with Crippen molar-refractivity contribution in [2.24, 2.45) is 0 Å². The lowest BCUT2D eigenvalue weighted by Crippen LogP contribution is -2.29. The molecule has 2 aromatic rings. The smallest absolute Gasteiger partial charge is 0.251 e. The summed E-state index contributed by atoms with van der Waals surface area (Å²) >= 11 is 1.35. The van der Waals surface area contributed by atoms with E-state index in [-0.39, 0.29) is 5.91 Å². The van der Waals surface area contributed by atoms with Crippen molar-refractivity contribution in [2.75, 3.05) is 25.4 Å². The predicted octanol–water partition coefficient (Wildman–Crippen LogP) is 2.08. The molecule has 7 heteroatoms. The van der Waals surface area contributed by atoms with Gasteiger partial charge in [-0.15, -0.1) is 10.2 Å². The number of hydrogen-bond donors (Lipinski definition) is 2. The van der Waals surface area contributed by atoms with Crippen LogP contribution >= 0.6 is 11.3 Å². The third-order valence-corrected chi connectivity index (χ3v) is 4.99. The Morgan fingerprint density at radius 1 is 1.17 bits per heavy atom. The molecule has 1 aromatic heterocycles. The summed E-state index contributed by atoms with van der Waals surface area (Å²) in [7, 11) is 0. The SMILES string of the molecule is Nc1nnc(CCNC(=O)c2ccc(CN3CCCCC3)cc2)s1. The standard InChI is InChI=1S/C17H23N5OS/c18-17-21-20-15(24-17)8-9-19-16(23)14-6-4-13(5-7-14)12-22-10-2-1-3-11-22/h4-7H,1-3,8-12H2,(H2,18,21)(H,19,23). The van der Waals surface area contributed by atoms with Crippen LogP contribution in [0.1, 0.15) is 40.2 Å². The Hall–Kier alpha value is -1.99. The number of nitrogen functional groups attached to an aromatic ring is 1. The normalized spacial score (nSPS) is 15.3. The second-order valence-corrected chi connectivity index (χ2v) is 7.17. The third-order valence-electron chi connectivity index (χ3n) is 4.18. The number of nitrogens with one attached hydrogen (secondary N) is 1. The molecule has 0 saturated carbocycles. The first kappa shape index (κ1) is 16.9. The van der Waals surface area contributed by atoms with E-state index in [0.29, 0.717) is 23.7 Å². The zero-order valence-electron chi connectivity index (χ0n) is 13.7. The van der Waals surface area contributed by atoms with Gasteiger partial charge in [-0.05, 0) is 43.6 Å². The monoisotopic (exact) mass is 345 g/mol. The van der Waals surface area contributed by atoms with Crippen molar-refractivity contribution in [3.63, 3.8) is 0 Å². The number of likely N-dealkylation sites (tertiary alicyclic amines) is 1. The fourth-order valence-corrected chi connectivity index (χ4v) is 3.50. The Bertz CT molecular complexity index is 664. The lowest BCUT2D eigenvalue weighted by molar-refractivity contribution is 0.0954. The van der Waals surface area contributed by atoms with Crippen molar-refractivity contribution in [1.29, 1.82) is 0 Å². The van der Waals surface area contributed by atoms with Gasteiger partial charge in [0.25, 0.3) is 5.91 Å². The number of rotatable bonds is 6. The minimum Gasteiger partial charge on any atom is -0.374 e. The quantitative estimate of drug-likeness (QED) is 0.837. The number of piperidine rings is 1. The molecule has 1 amide bonds. The Labute approximate surface area is 146 Å². The summed E-state index contributed by atoms with van der Waals surface area (Å²) in [6.45, 7) is 3.86. The topological polar surface area (TPSA) is 84.1 Å². The Morgan fingerprint density at radius 3 is 2.58 bits per heavy atom. The number of nitrogens with zero attached hydrogens (tertiary/aromatic N) is 3. The van der Waals surface area contributed by atoms with Crippen molar-refractivity contribution >= 4 is 22.4 Å². The third kappa shape index (κ3) is 4.75. The molecule has 2 heterocycles. The van der Waals surface area contributed by atoms with Crippen LogP contribution in [0.5, 0.6) is 0 Å². The fourth-order valence-electron chi connectivity index (χ4n) is 2.89. The minimum atomic E-state index is -0.0583. The molecule has 0 bridgehead atoms. The van der Waals surface area contributed by atoms with E-state index in [4.69, 9.17) is 5.73 Å². The lowest BCUT2D eigenvalue weighted by atomic mass is 10.1. The number of benzene rings is 1. The van der Waals surface area contributed by atoms with E-state index in [1.54, 1.807) is 0 Å². The van der Waals surface area contributed by atoms with E-state index in [1.165, 1.54) is 49.3 Å². The molecule has 1 aromatic carbocycles. The maximum absolute atomic E-state index is 12.2. The maximum Gasteiger partial charge on any atom is 0.251 e. The van der Waals surface area contributed by atoms with E-state index in [1.807, 2.05) is 12.1 Å². The van der Waals surface area contributed by atoms with Gasteiger partial charge in [0.1, 0.15) is 5.01 Å². The van der Waals surface area contributed by atoms with E-state index in [0.717, 1.165) is 11.6 Å². The van der Waals surface area contributed by atoms with Crippen LogP contribution in [0.2, 0.25) is 0 Å². The summed E-state index contributed by atoms with van der Waals surface area (Å²) in [5.74, 6) is -0.0583. The molecule has 0 aliphatic carbocycles. The Morgan fingerprint density at radius 2 is 1.92 bits per heavy atom. The molecule has 6 nitrogen and oxygen atoms in total. The van der Waals surface area contributed by atoms with Gasteiger partial charge >= 0.3 is 0 Å². The Kier molecular flexibility index (Phi) is 5.77. The van der Waals surface area contributed by atoms with E-state index < -0.39 is 0 Å². The molecule has 1 aliphatic heterocycles. The first-order valence-electron chi connectivity index (χ1n) is 8.38. The average molecular weight is 345 g/mol. The summed E-state index contributed by atoms with van der Waals surface area (Å²) in [5.41, 5.74) is 7.49. The molecular weight excluding hydrogens is 322 g/mol. The van der Waals surface area contributed by atoms with Gasteiger partial charge in [-0.25, -0.2) is 0 Å². The first-order valence-corrected chi connectivity index (χ1v) is 9.20. The molecule has 3 N–H and O–H groups in total. The van der Waals surface area contributed by atoms with Crippen LogP contribution in [0.3, 0.4) is 0 Å². The zero-order chi connectivity index (χ0) is 16.8. The van der Waals surface area contributed by atoms with Gasteiger partial charge in [-0.2, -0.15) is 0 Å². The highest BCUT2D eigenvalue weighted by molar-refractivity contribution is 7.15. The molecular formula is C17H23N5OS. The number of amides is 1. The second kappa shape index (κ2) is 8.21. The number of aromatic nitrogens is 2. The summed E-state index contributed by atoms with van der Waals surface area (Å²) in [4.78, 5) is 14.6. The van der Waals surface area contributed by atoms with Gasteiger partial charge in [0, 0.05) is 25.1 Å². The number of hydrogen-bond acceptors (Lipinski definition) is 6. The van der Waals surface area contributed by atoms with Crippen LogP contribution in [0.4, 0.5) is 5.13 Å². The van der Waals surface area contributed by atoms with Gasteiger partial charge < -0.3 is 11.1 Å². The summed E-state index contributed by atoms with van der Waals surface area (Å²) in [6.07, 6.45) is 4.58. The van der Waals surface area contributed by atoms with Gasteiger partial charge in [0.15, 0.2) is 0 Å². The van der Waals surface area contributed by atoms with Crippen LogP contribution in [-0.4, -0.2) is 40.6 Å². The summed E-state index contributed by atoms with van der Waals surface area (Å²) in [6, 6.07) is 7.90. The lowest BCUT2D eigenvalue weighted by Gasteiger charge is -2.26. The van der Waals surface area contributed by atoms with Crippen molar-refractivity contribution < 1.29 is 4.79 Å². The van der Waals surface area contributed by atoms with Crippen LogP contribution in [-0.2, 0) is 13.0 Å². The average Bonchev–Trinajstić information content (AvgIpc) is 3.02. The minimum absolute atomic E-state index is 0.0583. The van der Waals surface area contributed by atoms with Gasteiger partial charge in [0.05, 0.1) is 0 Å². The van der Waals surface area contributed by atoms with E-state index in [2.05, 4.69) is 32.5 Å². The number of nitrogens with two attached hydrogens (primary N) is 1. The van der Waals surface area contributed by atoms with Crippen molar-refractivity contribution in [3.8, 4) is 0 Å². The Balaban J connectivity index is 1.46. The summed E-state index contributed by atoms with van der Waals surface area (Å²) < 4.78 is 0. The first-order chi connectivity index (χ1) is 11.7. The van der Waals surface area contributed by atoms with Crippen LogP contribution in [0.15, 0.2) is 24.3 Å². The summed E-state index contributed by atoms with van der Waals surface area (Å²) in [5, 5.41) is 11.9. The zero-order valence-corrected chi connectivity index (χ0v) is 14.5. The molecule has 0 radical (unpaired) electrons. The molecule has 1 fully saturated rings. The number of anilines is 1. The molecule has 128 valence electrons. The highest BCUT2D eigenvalue weighted by Crippen LogP contribution is 2.14. The number of carbonyl (C=O) groups excluding carboxylic acids is 1. The molecule has 1 saturated heterocycles. The highest BCUT2D eigenvalue weighted by Gasteiger charge is 2.11. The predicted molar refractivity (Wildman–Crippen MR) is 95.9 cm³/mol. The number of carbonyl (C=O) groups is 1. The van der Waals surface area contributed by atoms with Crippen LogP contribution in [0.25, 0.3) is 0 Å². The molecule has 1 aliphatic rings. The van der Waals surface area contributed by atoms with Crippen LogP contribution in [0, 0.1) is 0 Å². The van der Waals surface area contributed by atoms with E-state index >= 15 is 0 Å². The van der Waals surface area contributed by atoms with Crippen LogP contribution < -0.4 is 11.1 Å². The highest BCUT2D eigenvalue weighted by atomic mass is 32.1. The van der Waals surface area contributed by atoms with Crippen molar-refractivity contribution in [3.05, 3.63) is 40.4 Å². The molecule has 0 unspecified atom stereocenters. The van der Waals surface area contributed by atoms with Crippen molar-refractivity contribution in [2.45, 2.75) is 32.2 Å². The fraction of sp³-hybridized carbons (Fsp3) is 0.471. The second-order valence-electron chi connectivity index (χ2n) is 6.07. The van der Waals surface area contributed by atoms with Gasteiger partial charge in [0.2, 0.25) is 5.13 Å². The largest absolute Gasteiger partial charge is 0.374 e. The molecule has 0 spiro atoms. The van der Waals surface area contributed by atoms with Gasteiger partial charge in [-0.3, -0.25) is 9.69 Å².